The number of rotatable bonds is 7. The van der Waals surface area contributed by atoms with Gasteiger partial charge in [0.15, 0.2) is 0 Å². The highest BCUT2D eigenvalue weighted by molar-refractivity contribution is 4.79. The number of hydrogen-bond acceptors (Lipinski definition) is 1. The maximum Gasteiger partial charge on any atom is 0.00952 e. The minimum Gasteiger partial charge on any atom is -0.314 e. The quantitative estimate of drug-likeness (QED) is 0.678. The Morgan fingerprint density at radius 3 is 2.31 bits per heavy atom. The first kappa shape index (κ1) is 14.0. The maximum absolute atomic E-state index is 3.73. The zero-order valence-corrected chi connectivity index (χ0v) is 11.6. The van der Waals surface area contributed by atoms with E-state index in [9.17, 15) is 0 Å². The summed E-state index contributed by atoms with van der Waals surface area (Å²) in [5.41, 5.74) is 0. The van der Waals surface area contributed by atoms with Crippen LogP contribution in [0.4, 0.5) is 0 Å². The van der Waals surface area contributed by atoms with E-state index in [4.69, 9.17) is 0 Å². The molecule has 0 aromatic rings. The first-order chi connectivity index (χ1) is 7.74. The molecule has 1 fully saturated rings. The second kappa shape index (κ2) is 8.11. The Morgan fingerprint density at radius 2 is 1.75 bits per heavy atom. The molecule has 1 heteroatoms. The molecule has 0 aromatic heterocycles. The molecule has 1 rings (SSSR count). The fourth-order valence-corrected chi connectivity index (χ4v) is 3.05. The Balaban J connectivity index is 2.27. The fourth-order valence-electron chi connectivity index (χ4n) is 3.05. The van der Waals surface area contributed by atoms with Gasteiger partial charge in [-0.15, -0.1) is 0 Å². The van der Waals surface area contributed by atoms with Gasteiger partial charge in [-0.25, -0.2) is 0 Å². The van der Waals surface area contributed by atoms with Gasteiger partial charge < -0.3 is 5.32 Å². The van der Waals surface area contributed by atoms with Gasteiger partial charge in [0.05, 0.1) is 0 Å². The molecular formula is C15H31N. The van der Waals surface area contributed by atoms with Crippen LogP contribution in [0.1, 0.15) is 72.1 Å². The second-order valence-electron chi connectivity index (χ2n) is 5.89. The number of hydrogen-bond donors (Lipinski definition) is 1. The molecule has 0 amide bonds. The Kier molecular flexibility index (Phi) is 7.11. The van der Waals surface area contributed by atoms with Gasteiger partial charge in [-0.2, -0.15) is 0 Å². The van der Waals surface area contributed by atoms with Crippen molar-refractivity contribution in [2.45, 2.75) is 78.2 Å². The van der Waals surface area contributed by atoms with E-state index < -0.39 is 0 Å². The zero-order valence-electron chi connectivity index (χ0n) is 11.6. The highest BCUT2D eigenvalue weighted by Gasteiger charge is 2.22. The average molecular weight is 225 g/mol. The lowest BCUT2D eigenvalue weighted by Crippen LogP contribution is -2.37. The van der Waals surface area contributed by atoms with Crippen molar-refractivity contribution < 1.29 is 0 Å². The predicted molar refractivity (Wildman–Crippen MR) is 72.7 cm³/mol. The first-order valence-corrected chi connectivity index (χ1v) is 7.47. The van der Waals surface area contributed by atoms with Gasteiger partial charge in [0.1, 0.15) is 0 Å². The van der Waals surface area contributed by atoms with Crippen LogP contribution >= 0.6 is 0 Å². The third kappa shape index (κ3) is 5.34. The third-order valence-corrected chi connectivity index (χ3v) is 3.98. The van der Waals surface area contributed by atoms with Crippen LogP contribution in [0.2, 0.25) is 0 Å². The van der Waals surface area contributed by atoms with E-state index in [0.29, 0.717) is 0 Å². The molecule has 1 N–H and O–H groups in total. The van der Waals surface area contributed by atoms with Crippen molar-refractivity contribution in [1.82, 2.24) is 5.32 Å². The van der Waals surface area contributed by atoms with E-state index in [0.717, 1.165) is 24.4 Å². The van der Waals surface area contributed by atoms with Crippen molar-refractivity contribution in [1.29, 1.82) is 0 Å². The highest BCUT2D eigenvalue weighted by atomic mass is 14.9. The topological polar surface area (TPSA) is 12.0 Å². The highest BCUT2D eigenvalue weighted by Crippen LogP contribution is 2.28. The molecule has 1 unspecified atom stereocenters. The number of nitrogens with one attached hydrogen (secondary N) is 1. The summed E-state index contributed by atoms with van der Waals surface area (Å²) in [4.78, 5) is 0. The van der Waals surface area contributed by atoms with Crippen molar-refractivity contribution in [3.05, 3.63) is 0 Å². The molecule has 0 bridgehead atoms. The van der Waals surface area contributed by atoms with Gasteiger partial charge in [-0.3, -0.25) is 0 Å². The van der Waals surface area contributed by atoms with Crippen molar-refractivity contribution in [3.8, 4) is 0 Å². The molecule has 1 saturated carbocycles. The van der Waals surface area contributed by atoms with Crippen LogP contribution in [-0.2, 0) is 0 Å². The van der Waals surface area contributed by atoms with Gasteiger partial charge in [-0.1, -0.05) is 52.9 Å². The molecule has 0 heterocycles. The molecule has 0 aromatic carbocycles. The standard InChI is InChI=1S/C15H31N/c1-4-16-15(12-8-9-13(2)3)14-10-6-5-7-11-14/h13-16H,4-12H2,1-3H3. The third-order valence-electron chi connectivity index (χ3n) is 3.98. The van der Waals surface area contributed by atoms with Crippen LogP contribution in [0.15, 0.2) is 0 Å². The van der Waals surface area contributed by atoms with Gasteiger partial charge in [-0.05, 0) is 37.6 Å². The normalized spacial score (nSPS) is 20.2. The van der Waals surface area contributed by atoms with Crippen LogP contribution in [0.3, 0.4) is 0 Å². The van der Waals surface area contributed by atoms with E-state index >= 15 is 0 Å². The predicted octanol–water partition coefficient (Wildman–Crippen LogP) is 4.37. The largest absolute Gasteiger partial charge is 0.314 e. The minimum absolute atomic E-state index is 0.809. The summed E-state index contributed by atoms with van der Waals surface area (Å²) < 4.78 is 0. The van der Waals surface area contributed by atoms with Crippen molar-refractivity contribution >= 4 is 0 Å². The summed E-state index contributed by atoms with van der Waals surface area (Å²) in [6.45, 7) is 8.06. The molecule has 1 aliphatic rings. The molecule has 1 atom stereocenters. The monoisotopic (exact) mass is 225 g/mol. The van der Waals surface area contributed by atoms with Crippen LogP contribution in [0, 0.1) is 11.8 Å². The summed E-state index contributed by atoms with van der Waals surface area (Å²) in [5, 5.41) is 3.73. The van der Waals surface area contributed by atoms with Gasteiger partial charge in [0.25, 0.3) is 0 Å². The Bertz CT molecular complexity index is 159. The minimum atomic E-state index is 0.809. The zero-order chi connectivity index (χ0) is 11.8. The SMILES string of the molecule is CCNC(CCCC(C)C)C1CCCCC1. The Morgan fingerprint density at radius 1 is 1.06 bits per heavy atom. The fraction of sp³-hybridized carbons (Fsp3) is 1.00. The summed E-state index contributed by atoms with van der Waals surface area (Å²) in [6, 6.07) is 0.809. The summed E-state index contributed by atoms with van der Waals surface area (Å²) in [7, 11) is 0. The lowest BCUT2D eigenvalue weighted by atomic mass is 9.81. The van der Waals surface area contributed by atoms with Gasteiger partial charge in [0.2, 0.25) is 0 Å². The van der Waals surface area contributed by atoms with E-state index in [1.165, 1.54) is 51.4 Å². The molecule has 16 heavy (non-hydrogen) atoms. The Hall–Kier alpha value is -0.0400. The van der Waals surface area contributed by atoms with Gasteiger partial charge in [0, 0.05) is 6.04 Å². The van der Waals surface area contributed by atoms with Crippen molar-refractivity contribution in [2.24, 2.45) is 11.8 Å². The molecule has 1 nitrogen and oxygen atoms in total. The molecule has 0 saturated heterocycles. The van der Waals surface area contributed by atoms with Crippen LogP contribution in [0.25, 0.3) is 0 Å². The second-order valence-corrected chi connectivity index (χ2v) is 5.89. The van der Waals surface area contributed by atoms with E-state index in [1.54, 1.807) is 0 Å². The van der Waals surface area contributed by atoms with E-state index in [1.807, 2.05) is 0 Å². The summed E-state index contributed by atoms with van der Waals surface area (Å²) in [5.74, 6) is 1.84. The van der Waals surface area contributed by atoms with Gasteiger partial charge >= 0.3 is 0 Å². The smallest absolute Gasteiger partial charge is 0.00952 e. The molecule has 96 valence electrons. The summed E-state index contributed by atoms with van der Waals surface area (Å²) in [6.07, 6.45) is 11.6. The molecule has 0 radical (unpaired) electrons. The van der Waals surface area contributed by atoms with Crippen LogP contribution in [-0.4, -0.2) is 12.6 Å². The molecule has 0 spiro atoms. The lowest BCUT2D eigenvalue weighted by Gasteiger charge is -2.31. The van der Waals surface area contributed by atoms with E-state index in [-0.39, 0.29) is 0 Å². The molecule has 0 aliphatic heterocycles. The lowest BCUT2D eigenvalue weighted by molar-refractivity contribution is 0.254. The molecular weight excluding hydrogens is 194 g/mol. The first-order valence-electron chi connectivity index (χ1n) is 7.47. The van der Waals surface area contributed by atoms with Crippen LogP contribution in [0.5, 0.6) is 0 Å². The maximum atomic E-state index is 3.73. The Labute approximate surface area is 102 Å². The summed E-state index contributed by atoms with van der Waals surface area (Å²) >= 11 is 0. The van der Waals surface area contributed by atoms with Crippen LogP contribution < -0.4 is 5.32 Å². The average Bonchev–Trinajstić information content (AvgIpc) is 2.29. The molecule has 1 aliphatic carbocycles. The van der Waals surface area contributed by atoms with Crippen molar-refractivity contribution in [2.75, 3.05) is 6.54 Å². The van der Waals surface area contributed by atoms with E-state index in [2.05, 4.69) is 26.1 Å². The van der Waals surface area contributed by atoms with Crippen molar-refractivity contribution in [3.63, 3.8) is 0 Å².